The Hall–Kier alpha value is -1.06. The van der Waals surface area contributed by atoms with Crippen LogP contribution >= 0.6 is 0 Å². The second kappa shape index (κ2) is 5.72. The average molecular weight is 250 g/mol. The molecule has 0 unspecified atom stereocenters. The summed E-state index contributed by atoms with van der Waals surface area (Å²) in [4.78, 5) is 0. The minimum atomic E-state index is -0.409. The SMILES string of the molecule is OCC(CO)(Cc1ccc(O)cc1)C1CCCC1. The molecule has 100 valence electrons. The monoisotopic (exact) mass is 250 g/mol. The summed E-state index contributed by atoms with van der Waals surface area (Å²) < 4.78 is 0. The fourth-order valence-corrected chi connectivity index (χ4v) is 3.12. The third-order valence-electron chi connectivity index (χ3n) is 4.34. The molecule has 2 rings (SSSR count). The number of phenols is 1. The first-order valence-corrected chi connectivity index (χ1v) is 6.70. The minimum Gasteiger partial charge on any atom is -0.508 e. The Balaban J connectivity index is 2.16. The summed E-state index contributed by atoms with van der Waals surface area (Å²) in [5.74, 6) is 0.652. The molecule has 1 fully saturated rings. The van der Waals surface area contributed by atoms with Gasteiger partial charge < -0.3 is 15.3 Å². The van der Waals surface area contributed by atoms with Crippen LogP contribution in [0, 0.1) is 11.3 Å². The van der Waals surface area contributed by atoms with Crippen molar-refractivity contribution in [3.8, 4) is 5.75 Å². The number of aliphatic hydroxyl groups excluding tert-OH is 2. The van der Waals surface area contributed by atoms with Gasteiger partial charge in [0.2, 0.25) is 0 Å². The van der Waals surface area contributed by atoms with Gasteiger partial charge in [-0.2, -0.15) is 0 Å². The quantitative estimate of drug-likeness (QED) is 0.750. The van der Waals surface area contributed by atoms with Crippen LogP contribution in [0.25, 0.3) is 0 Å². The first-order chi connectivity index (χ1) is 8.70. The number of phenolic OH excluding ortho intramolecular Hbond substituents is 1. The van der Waals surface area contributed by atoms with E-state index in [1.165, 1.54) is 12.8 Å². The van der Waals surface area contributed by atoms with Crippen LogP contribution in [0.3, 0.4) is 0 Å². The highest BCUT2D eigenvalue weighted by Crippen LogP contribution is 2.41. The third-order valence-corrected chi connectivity index (χ3v) is 4.34. The summed E-state index contributed by atoms with van der Waals surface area (Å²) in [5, 5.41) is 28.8. The van der Waals surface area contributed by atoms with Crippen molar-refractivity contribution < 1.29 is 15.3 Å². The molecule has 3 heteroatoms. The Labute approximate surface area is 108 Å². The zero-order chi connectivity index (χ0) is 13.0. The zero-order valence-electron chi connectivity index (χ0n) is 10.7. The van der Waals surface area contributed by atoms with Crippen molar-refractivity contribution in [3.63, 3.8) is 0 Å². The normalized spacial score (nSPS) is 17.2. The van der Waals surface area contributed by atoms with Crippen molar-refractivity contribution in [2.24, 2.45) is 11.3 Å². The highest BCUT2D eigenvalue weighted by molar-refractivity contribution is 5.27. The number of hydrogen-bond acceptors (Lipinski definition) is 3. The molecule has 0 aliphatic heterocycles. The van der Waals surface area contributed by atoms with E-state index in [0.29, 0.717) is 12.3 Å². The number of hydrogen-bond donors (Lipinski definition) is 3. The lowest BCUT2D eigenvalue weighted by atomic mass is 9.71. The first kappa shape index (κ1) is 13.4. The first-order valence-electron chi connectivity index (χ1n) is 6.70. The molecule has 1 aliphatic rings. The van der Waals surface area contributed by atoms with Gasteiger partial charge in [0.05, 0.1) is 13.2 Å². The summed E-state index contributed by atoms with van der Waals surface area (Å²) >= 11 is 0. The molecule has 3 N–H and O–H groups in total. The molecular weight excluding hydrogens is 228 g/mol. The van der Waals surface area contributed by atoms with Crippen LogP contribution in [0.4, 0.5) is 0 Å². The van der Waals surface area contributed by atoms with Gasteiger partial charge in [-0.3, -0.25) is 0 Å². The smallest absolute Gasteiger partial charge is 0.115 e. The molecule has 3 nitrogen and oxygen atoms in total. The van der Waals surface area contributed by atoms with Gasteiger partial charge in [-0.05, 0) is 42.9 Å². The second-order valence-corrected chi connectivity index (χ2v) is 5.50. The average Bonchev–Trinajstić information content (AvgIpc) is 2.93. The predicted molar refractivity (Wildman–Crippen MR) is 70.4 cm³/mol. The van der Waals surface area contributed by atoms with Crippen LogP contribution in [0.15, 0.2) is 24.3 Å². The Bertz CT molecular complexity index is 362. The van der Waals surface area contributed by atoms with Crippen LogP contribution < -0.4 is 0 Å². The van der Waals surface area contributed by atoms with Crippen molar-refractivity contribution in [2.45, 2.75) is 32.1 Å². The van der Waals surface area contributed by atoms with E-state index in [0.717, 1.165) is 18.4 Å². The highest BCUT2D eigenvalue weighted by Gasteiger charge is 2.39. The van der Waals surface area contributed by atoms with Crippen LogP contribution in [-0.2, 0) is 6.42 Å². The van der Waals surface area contributed by atoms with Gasteiger partial charge in [-0.1, -0.05) is 25.0 Å². The standard InChI is InChI=1S/C15H22O3/c16-10-15(11-17,13-3-1-2-4-13)9-12-5-7-14(18)8-6-12/h5-8,13,16-18H,1-4,9-11H2. The summed E-state index contributed by atoms with van der Waals surface area (Å²) in [5.41, 5.74) is 0.649. The second-order valence-electron chi connectivity index (χ2n) is 5.50. The maximum atomic E-state index is 9.74. The molecule has 0 bridgehead atoms. The lowest BCUT2D eigenvalue weighted by Crippen LogP contribution is -2.39. The molecule has 0 aromatic heterocycles. The molecule has 0 radical (unpaired) electrons. The molecule has 1 aromatic carbocycles. The largest absolute Gasteiger partial charge is 0.508 e. The molecule has 1 aromatic rings. The van der Waals surface area contributed by atoms with E-state index in [9.17, 15) is 15.3 Å². The third kappa shape index (κ3) is 2.68. The number of aromatic hydroxyl groups is 1. The number of aliphatic hydroxyl groups is 2. The Morgan fingerprint density at radius 3 is 2.06 bits per heavy atom. The lowest BCUT2D eigenvalue weighted by Gasteiger charge is -2.36. The van der Waals surface area contributed by atoms with Crippen LogP contribution in [0.5, 0.6) is 5.75 Å². The highest BCUT2D eigenvalue weighted by atomic mass is 16.3. The zero-order valence-corrected chi connectivity index (χ0v) is 10.7. The van der Waals surface area contributed by atoms with Crippen molar-refractivity contribution in [2.75, 3.05) is 13.2 Å². The van der Waals surface area contributed by atoms with Crippen molar-refractivity contribution in [1.82, 2.24) is 0 Å². The maximum Gasteiger partial charge on any atom is 0.115 e. The van der Waals surface area contributed by atoms with E-state index in [4.69, 9.17) is 0 Å². The van der Waals surface area contributed by atoms with Crippen LogP contribution in [0.1, 0.15) is 31.2 Å². The fourth-order valence-electron chi connectivity index (χ4n) is 3.12. The Morgan fingerprint density at radius 1 is 1.00 bits per heavy atom. The molecule has 1 aliphatic carbocycles. The van der Waals surface area contributed by atoms with E-state index in [1.807, 2.05) is 12.1 Å². The van der Waals surface area contributed by atoms with E-state index in [1.54, 1.807) is 12.1 Å². The van der Waals surface area contributed by atoms with Gasteiger partial charge >= 0.3 is 0 Å². The number of benzene rings is 1. The summed E-state index contributed by atoms with van der Waals surface area (Å²) in [7, 11) is 0. The topological polar surface area (TPSA) is 60.7 Å². The van der Waals surface area contributed by atoms with Gasteiger partial charge in [-0.15, -0.1) is 0 Å². The molecule has 0 saturated heterocycles. The maximum absolute atomic E-state index is 9.74. The summed E-state index contributed by atoms with van der Waals surface area (Å²) in [6.45, 7) is 0.0457. The molecular formula is C15H22O3. The van der Waals surface area contributed by atoms with Crippen molar-refractivity contribution >= 4 is 0 Å². The molecule has 0 amide bonds. The van der Waals surface area contributed by atoms with Gasteiger partial charge in [-0.25, -0.2) is 0 Å². The molecule has 1 saturated carbocycles. The van der Waals surface area contributed by atoms with E-state index < -0.39 is 5.41 Å². The molecule has 0 spiro atoms. The van der Waals surface area contributed by atoms with Gasteiger partial charge in [0.15, 0.2) is 0 Å². The molecule has 18 heavy (non-hydrogen) atoms. The van der Waals surface area contributed by atoms with Gasteiger partial charge in [0.1, 0.15) is 5.75 Å². The van der Waals surface area contributed by atoms with Crippen LogP contribution in [-0.4, -0.2) is 28.5 Å². The van der Waals surface area contributed by atoms with Gasteiger partial charge in [0, 0.05) is 5.41 Å². The number of rotatable bonds is 5. The van der Waals surface area contributed by atoms with Crippen molar-refractivity contribution in [1.29, 1.82) is 0 Å². The lowest BCUT2D eigenvalue weighted by molar-refractivity contribution is 0.00570. The van der Waals surface area contributed by atoms with E-state index in [2.05, 4.69) is 0 Å². The molecule has 0 atom stereocenters. The van der Waals surface area contributed by atoms with Crippen LogP contribution in [0.2, 0.25) is 0 Å². The summed E-state index contributed by atoms with van der Waals surface area (Å²) in [6.07, 6.45) is 5.26. The van der Waals surface area contributed by atoms with E-state index in [-0.39, 0.29) is 19.0 Å². The minimum absolute atomic E-state index is 0.0229. The van der Waals surface area contributed by atoms with E-state index >= 15 is 0 Å². The predicted octanol–water partition coefficient (Wildman–Crippen LogP) is 2.10. The van der Waals surface area contributed by atoms with Crippen molar-refractivity contribution in [3.05, 3.63) is 29.8 Å². The molecule has 0 heterocycles. The fraction of sp³-hybridized carbons (Fsp3) is 0.600. The van der Waals surface area contributed by atoms with Gasteiger partial charge in [0.25, 0.3) is 0 Å². The Morgan fingerprint density at radius 2 is 1.56 bits per heavy atom. The summed E-state index contributed by atoms with van der Waals surface area (Å²) in [6, 6.07) is 7.04. The Kier molecular flexibility index (Phi) is 4.25.